The molecule has 3 aliphatic rings. The van der Waals surface area contributed by atoms with Gasteiger partial charge in [-0.1, -0.05) is 28.1 Å². The third-order valence-electron chi connectivity index (χ3n) is 4.90. The van der Waals surface area contributed by atoms with Crippen LogP contribution >= 0.6 is 15.9 Å². The van der Waals surface area contributed by atoms with E-state index in [2.05, 4.69) is 33.1 Å². The van der Waals surface area contributed by atoms with Crippen LogP contribution in [0.4, 0.5) is 0 Å². The first-order chi connectivity index (χ1) is 10.6. The molecule has 1 saturated heterocycles. The van der Waals surface area contributed by atoms with E-state index < -0.39 is 16.7 Å². The molecule has 3 N–H and O–H groups in total. The second-order valence-electron chi connectivity index (χ2n) is 5.68. The maximum atomic E-state index is 9.91. The number of ether oxygens (including phenoxy) is 2. The largest absolute Gasteiger partial charge is 0.343 e. The predicted octanol–water partition coefficient (Wildman–Crippen LogP) is -0.282. The Labute approximate surface area is 135 Å². The summed E-state index contributed by atoms with van der Waals surface area (Å²) in [5, 5.41) is 19.7. The van der Waals surface area contributed by atoms with E-state index >= 15 is 0 Å². The van der Waals surface area contributed by atoms with Crippen molar-refractivity contribution in [2.24, 2.45) is 16.6 Å². The molecule has 4 rings (SSSR count). The van der Waals surface area contributed by atoms with Gasteiger partial charge in [-0.15, -0.1) is 0 Å². The molecule has 22 heavy (non-hydrogen) atoms. The number of rotatable bonds is 1. The molecule has 6 nitrogen and oxygen atoms in total. The average Bonchev–Trinajstić information content (AvgIpc) is 2.77. The zero-order valence-electron chi connectivity index (χ0n) is 11.5. The lowest BCUT2D eigenvalue weighted by Crippen LogP contribution is -2.89. The number of amidine groups is 1. The fourth-order valence-corrected chi connectivity index (χ4v) is 4.24. The van der Waals surface area contributed by atoms with Gasteiger partial charge in [0.1, 0.15) is 0 Å². The van der Waals surface area contributed by atoms with E-state index in [9.17, 15) is 10.5 Å². The number of nitrogens with zero attached hydrogens (tertiary/aromatic N) is 2. The van der Waals surface area contributed by atoms with Gasteiger partial charge in [0.05, 0.1) is 25.4 Å². The summed E-state index contributed by atoms with van der Waals surface area (Å²) in [6.45, 7) is 0.719. The van der Waals surface area contributed by atoms with Crippen molar-refractivity contribution in [2.75, 3.05) is 13.2 Å². The van der Waals surface area contributed by atoms with Crippen molar-refractivity contribution in [2.45, 2.75) is 11.8 Å². The van der Waals surface area contributed by atoms with Crippen molar-refractivity contribution in [1.82, 2.24) is 0 Å². The van der Waals surface area contributed by atoms with E-state index in [4.69, 9.17) is 15.2 Å². The molecule has 0 bridgehead atoms. The topological polar surface area (TPSA) is 106 Å². The zero-order valence-corrected chi connectivity index (χ0v) is 13.1. The fraction of sp³-hybridized carbons (Fsp3) is 0.400. The molecule has 2 fully saturated rings. The summed E-state index contributed by atoms with van der Waals surface area (Å²) in [4.78, 5) is 2.92. The highest BCUT2D eigenvalue weighted by atomic mass is 79.9. The van der Waals surface area contributed by atoms with Crippen molar-refractivity contribution in [3.8, 4) is 12.1 Å². The molecular formula is C15H12BrN4O2+. The van der Waals surface area contributed by atoms with Crippen LogP contribution in [0.3, 0.4) is 0 Å². The SMILES string of the molecule is N#C[C@@]12C(N)=[NH+]C3(OCCO3)[C@]1(C#N)[C@H]2c1ccc(Br)cc1. The highest BCUT2D eigenvalue weighted by molar-refractivity contribution is 9.10. The van der Waals surface area contributed by atoms with E-state index in [-0.39, 0.29) is 11.8 Å². The Hall–Kier alpha value is -1.93. The van der Waals surface area contributed by atoms with Gasteiger partial charge in [-0.2, -0.15) is 10.5 Å². The number of nitrogens with one attached hydrogen (secondary N) is 1. The Balaban J connectivity index is 1.92. The maximum absolute atomic E-state index is 9.91. The van der Waals surface area contributed by atoms with Crippen LogP contribution < -0.4 is 10.7 Å². The summed E-state index contributed by atoms with van der Waals surface area (Å²) in [7, 11) is 0. The van der Waals surface area contributed by atoms with Gasteiger partial charge >= 0.3 is 5.91 Å². The minimum Gasteiger partial charge on any atom is -0.311 e. The van der Waals surface area contributed by atoms with Gasteiger partial charge < -0.3 is 9.47 Å². The maximum Gasteiger partial charge on any atom is 0.343 e. The molecule has 1 spiro atoms. The third kappa shape index (κ3) is 1.21. The average molecular weight is 360 g/mol. The summed E-state index contributed by atoms with van der Waals surface area (Å²) < 4.78 is 12.3. The monoisotopic (exact) mass is 359 g/mol. The smallest absolute Gasteiger partial charge is 0.311 e. The highest BCUT2D eigenvalue weighted by Gasteiger charge is 2.97. The minimum atomic E-state index is -1.33. The van der Waals surface area contributed by atoms with E-state index in [1.807, 2.05) is 24.3 Å². The van der Waals surface area contributed by atoms with Crippen molar-refractivity contribution >= 4 is 21.8 Å². The minimum absolute atomic E-state index is 0.242. The molecular weight excluding hydrogens is 348 g/mol. The van der Waals surface area contributed by atoms with Gasteiger partial charge in [-0.25, -0.2) is 4.99 Å². The number of hydrogen-bond donors (Lipinski definition) is 2. The lowest BCUT2D eigenvalue weighted by molar-refractivity contribution is -0.676. The van der Waals surface area contributed by atoms with Crippen LogP contribution in [0, 0.1) is 33.5 Å². The van der Waals surface area contributed by atoms with Gasteiger partial charge in [0.15, 0.2) is 10.8 Å². The van der Waals surface area contributed by atoms with E-state index in [1.54, 1.807) is 0 Å². The van der Waals surface area contributed by atoms with Crippen LogP contribution in [-0.2, 0) is 9.47 Å². The summed E-state index contributed by atoms with van der Waals surface area (Å²) in [5.74, 6) is -1.48. The molecule has 2 aliphatic heterocycles. The molecule has 1 aromatic carbocycles. The Bertz CT molecular complexity index is 772. The van der Waals surface area contributed by atoms with Crippen LogP contribution in [0.5, 0.6) is 0 Å². The molecule has 1 saturated carbocycles. The standard InChI is InChI=1S/C15H11BrN4O2/c16-10-3-1-9(2-4-10)11-13(7-17)12(19)20-15(14(11,13)8-18)21-5-6-22-15/h1-4,11H,5-6H2,(H2,19,20)/p+1/t11-,13+,14+/m0/s1. The second-order valence-corrected chi connectivity index (χ2v) is 6.59. The third-order valence-corrected chi connectivity index (χ3v) is 5.43. The molecule has 1 aromatic rings. The van der Waals surface area contributed by atoms with E-state index in [0.29, 0.717) is 13.2 Å². The van der Waals surface area contributed by atoms with Crippen molar-refractivity contribution in [1.29, 1.82) is 10.5 Å². The molecule has 7 heteroatoms. The Kier molecular flexibility index (Phi) is 2.54. The molecule has 1 aliphatic carbocycles. The van der Waals surface area contributed by atoms with Crippen LogP contribution in [-0.4, -0.2) is 25.0 Å². The normalized spacial score (nSPS) is 37.2. The van der Waals surface area contributed by atoms with Gasteiger partial charge in [-0.3, -0.25) is 5.73 Å². The molecule has 0 radical (unpaired) electrons. The lowest BCUT2D eigenvalue weighted by Gasteiger charge is -2.23. The molecule has 0 amide bonds. The number of benzene rings is 1. The van der Waals surface area contributed by atoms with Gasteiger partial charge in [0, 0.05) is 10.4 Å². The van der Waals surface area contributed by atoms with Crippen LogP contribution in [0.25, 0.3) is 0 Å². The molecule has 110 valence electrons. The summed E-state index contributed by atoms with van der Waals surface area (Å²) in [6, 6.07) is 12.1. The quantitative estimate of drug-likeness (QED) is 0.717. The Morgan fingerprint density at radius 2 is 1.82 bits per heavy atom. The molecule has 0 aromatic heterocycles. The Morgan fingerprint density at radius 3 is 2.36 bits per heavy atom. The molecule has 2 heterocycles. The number of hydrogen-bond acceptors (Lipinski definition) is 5. The van der Waals surface area contributed by atoms with E-state index in [0.717, 1.165) is 10.0 Å². The fourth-order valence-electron chi connectivity index (χ4n) is 3.97. The molecule has 0 unspecified atom stereocenters. The summed E-state index contributed by atoms with van der Waals surface area (Å²) >= 11 is 3.39. The van der Waals surface area contributed by atoms with Crippen molar-refractivity contribution in [3.05, 3.63) is 34.3 Å². The van der Waals surface area contributed by atoms with Crippen LogP contribution in [0.15, 0.2) is 28.7 Å². The number of fused-ring (bicyclic) bond motifs is 2. The zero-order chi connectivity index (χ0) is 15.6. The van der Waals surface area contributed by atoms with Crippen LogP contribution in [0.2, 0.25) is 0 Å². The first kappa shape index (κ1) is 13.7. The van der Waals surface area contributed by atoms with Gasteiger partial charge in [-0.05, 0) is 17.7 Å². The Morgan fingerprint density at radius 1 is 1.18 bits per heavy atom. The number of nitrogens with two attached hydrogens (primary N) is 1. The number of nitriles is 2. The lowest BCUT2D eigenvalue weighted by atomic mass is 9.94. The van der Waals surface area contributed by atoms with Gasteiger partial charge in [0.2, 0.25) is 0 Å². The number of halogens is 1. The highest BCUT2D eigenvalue weighted by Crippen LogP contribution is 2.79. The predicted molar refractivity (Wildman–Crippen MR) is 77.8 cm³/mol. The summed E-state index contributed by atoms with van der Waals surface area (Å²) in [6.07, 6.45) is 0. The van der Waals surface area contributed by atoms with Gasteiger partial charge in [0.25, 0.3) is 5.84 Å². The van der Waals surface area contributed by atoms with Crippen molar-refractivity contribution < 1.29 is 14.5 Å². The summed E-state index contributed by atoms with van der Waals surface area (Å²) in [5.41, 5.74) is 4.65. The van der Waals surface area contributed by atoms with E-state index in [1.165, 1.54) is 0 Å². The first-order valence-corrected chi connectivity index (χ1v) is 7.64. The molecule has 3 atom stereocenters. The van der Waals surface area contributed by atoms with Crippen LogP contribution in [0.1, 0.15) is 11.5 Å². The van der Waals surface area contributed by atoms with Crippen molar-refractivity contribution in [3.63, 3.8) is 0 Å². The second kappa shape index (κ2) is 4.08. The first-order valence-electron chi connectivity index (χ1n) is 6.85.